The zero-order chi connectivity index (χ0) is 21.1. The minimum Gasteiger partial charge on any atom is -0.493 e. The first-order valence-corrected chi connectivity index (χ1v) is 11.1. The number of thiazole rings is 1. The normalized spacial score (nSPS) is 15.1. The van der Waals surface area contributed by atoms with Gasteiger partial charge in [0, 0.05) is 55.9 Å². The van der Waals surface area contributed by atoms with Crippen LogP contribution >= 0.6 is 11.3 Å². The second-order valence-electron chi connectivity index (χ2n) is 7.94. The molecule has 0 radical (unpaired) electrons. The molecule has 0 spiro atoms. The number of rotatable bonds is 6. The molecule has 4 rings (SSSR count). The maximum Gasteiger partial charge on any atom is 0.258 e. The molecular weight excluding hydrogens is 400 g/mol. The summed E-state index contributed by atoms with van der Waals surface area (Å²) in [6.07, 6.45) is 1.74. The quantitative estimate of drug-likeness (QED) is 0.606. The average molecular weight is 427 g/mol. The third-order valence-electron chi connectivity index (χ3n) is 5.09. The highest BCUT2D eigenvalue weighted by Gasteiger charge is 2.22. The summed E-state index contributed by atoms with van der Waals surface area (Å²) in [6, 6.07) is 8.98. The van der Waals surface area contributed by atoms with E-state index < -0.39 is 0 Å². The number of ether oxygens (including phenoxy) is 1. The van der Waals surface area contributed by atoms with Crippen LogP contribution in [-0.4, -0.2) is 57.9 Å². The third kappa shape index (κ3) is 4.71. The Bertz CT molecular complexity index is 1070. The molecule has 1 fully saturated rings. The van der Waals surface area contributed by atoms with Crippen LogP contribution in [0.5, 0.6) is 5.75 Å². The number of carbonyl (C=O) groups excluding carboxylic acids is 1. The van der Waals surface area contributed by atoms with E-state index >= 15 is 0 Å². The van der Waals surface area contributed by atoms with Crippen molar-refractivity contribution >= 4 is 22.2 Å². The summed E-state index contributed by atoms with van der Waals surface area (Å²) in [4.78, 5) is 34.4. The van der Waals surface area contributed by atoms with E-state index in [-0.39, 0.29) is 11.5 Å². The van der Waals surface area contributed by atoms with E-state index in [4.69, 9.17) is 4.74 Å². The van der Waals surface area contributed by atoms with Crippen LogP contribution in [0.25, 0.3) is 4.96 Å². The number of fused-ring (bicyclic) bond motifs is 1. The van der Waals surface area contributed by atoms with Gasteiger partial charge >= 0.3 is 0 Å². The Balaban J connectivity index is 1.32. The van der Waals surface area contributed by atoms with Gasteiger partial charge in [0.05, 0.1) is 12.3 Å². The molecule has 1 amide bonds. The average Bonchev–Trinajstić information content (AvgIpc) is 3.22. The molecule has 1 saturated heterocycles. The summed E-state index contributed by atoms with van der Waals surface area (Å²) >= 11 is 1.46. The molecule has 0 aliphatic carbocycles. The number of amides is 1. The standard InChI is InChI=1S/C22H26N4O3S/c1-16(2)15-29-19-5-3-17(4-6-19)21(28)25-9-7-24(8-10-25)14-18-13-20(27)26-11-12-30-22(26)23-18/h3-6,11-13,16H,7-10,14-15H2,1-2H3. The molecule has 0 atom stereocenters. The van der Waals surface area contributed by atoms with Gasteiger partial charge in [-0.1, -0.05) is 13.8 Å². The number of hydrogen-bond donors (Lipinski definition) is 0. The second kappa shape index (κ2) is 8.97. The van der Waals surface area contributed by atoms with Gasteiger partial charge in [-0.15, -0.1) is 11.3 Å². The largest absolute Gasteiger partial charge is 0.493 e. The molecule has 7 nitrogen and oxygen atoms in total. The van der Waals surface area contributed by atoms with Gasteiger partial charge in [0.15, 0.2) is 4.96 Å². The number of piperazine rings is 1. The summed E-state index contributed by atoms with van der Waals surface area (Å²) in [5.41, 5.74) is 1.41. The Labute approximate surface area is 179 Å². The van der Waals surface area contributed by atoms with Crippen molar-refractivity contribution in [2.75, 3.05) is 32.8 Å². The predicted octanol–water partition coefficient (Wildman–Crippen LogP) is 2.75. The lowest BCUT2D eigenvalue weighted by molar-refractivity contribution is 0.0627. The van der Waals surface area contributed by atoms with Crippen molar-refractivity contribution in [3.05, 3.63) is 63.5 Å². The maximum atomic E-state index is 12.8. The molecule has 3 heterocycles. The second-order valence-corrected chi connectivity index (χ2v) is 8.81. The summed E-state index contributed by atoms with van der Waals surface area (Å²) in [5.74, 6) is 1.29. The summed E-state index contributed by atoms with van der Waals surface area (Å²) in [6.45, 7) is 8.32. The third-order valence-corrected chi connectivity index (χ3v) is 5.84. The molecule has 8 heteroatoms. The van der Waals surface area contributed by atoms with Crippen LogP contribution in [0.2, 0.25) is 0 Å². The van der Waals surface area contributed by atoms with Crippen molar-refractivity contribution < 1.29 is 9.53 Å². The highest BCUT2D eigenvalue weighted by molar-refractivity contribution is 7.15. The molecule has 3 aromatic rings. The van der Waals surface area contributed by atoms with E-state index in [2.05, 4.69) is 23.7 Å². The highest BCUT2D eigenvalue weighted by atomic mass is 32.1. The summed E-state index contributed by atoms with van der Waals surface area (Å²) < 4.78 is 7.25. The lowest BCUT2D eigenvalue weighted by atomic mass is 10.1. The van der Waals surface area contributed by atoms with Crippen LogP contribution in [0.3, 0.4) is 0 Å². The number of benzene rings is 1. The number of carbonyl (C=O) groups is 1. The fraction of sp³-hybridized carbons (Fsp3) is 0.409. The Morgan fingerprint density at radius 2 is 1.90 bits per heavy atom. The van der Waals surface area contributed by atoms with E-state index in [9.17, 15) is 9.59 Å². The summed E-state index contributed by atoms with van der Waals surface area (Å²) in [5, 5.41) is 1.86. The van der Waals surface area contributed by atoms with Gasteiger partial charge in [-0.05, 0) is 30.2 Å². The van der Waals surface area contributed by atoms with Gasteiger partial charge in [-0.2, -0.15) is 0 Å². The van der Waals surface area contributed by atoms with Crippen LogP contribution in [0.15, 0.2) is 46.7 Å². The molecule has 0 bridgehead atoms. The number of aromatic nitrogens is 2. The highest BCUT2D eigenvalue weighted by Crippen LogP contribution is 2.16. The lowest BCUT2D eigenvalue weighted by Gasteiger charge is -2.34. The molecule has 1 aliphatic rings. The van der Waals surface area contributed by atoms with Gasteiger partial charge in [-0.3, -0.25) is 18.9 Å². The van der Waals surface area contributed by atoms with E-state index in [0.29, 0.717) is 42.7 Å². The van der Waals surface area contributed by atoms with Crippen molar-refractivity contribution in [2.24, 2.45) is 5.92 Å². The first kappa shape index (κ1) is 20.6. The zero-order valence-corrected chi connectivity index (χ0v) is 18.1. The molecule has 30 heavy (non-hydrogen) atoms. The molecular formula is C22H26N4O3S. The molecule has 0 N–H and O–H groups in total. The van der Waals surface area contributed by atoms with E-state index in [1.807, 2.05) is 34.5 Å². The van der Waals surface area contributed by atoms with Crippen molar-refractivity contribution in [1.29, 1.82) is 0 Å². The first-order valence-electron chi connectivity index (χ1n) is 10.2. The molecule has 158 valence electrons. The minimum atomic E-state index is -0.0501. The van der Waals surface area contributed by atoms with E-state index in [0.717, 1.165) is 24.5 Å². The monoisotopic (exact) mass is 426 g/mol. The maximum absolute atomic E-state index is 12.8. The van der Waals surface area contributed by atoms with E-state index in [1.165, 1.54) is 11.3 Å². The minimum absolute atomic E-state index is 0.0430. The predicted molar refractivity (Wildman–Crippen MR) is 117 cm³/mol. The molecule has 1 aromatic carbocycles. The Morgan fingerprint density at radius 3 is 2.60 bits per heavy atom. The smallest absolute Gasteiger partial charge is 0.258 e. The fourth-order valence-corrected chi connectivity index (χ4v) is 4.18. The molecule has 1 aliphatic heterocycles. The van der Waals surface area contributed by atoms with Crippen molar-refractivity contribution in [1.82, 2.24) is 19.2 Å². The van der Waals surface area contributed by atoms with Crippen molar-refractivity contribution in [2.45, 2.75) is 20.4 Å². The van der Waals surface area contributed by atoms with Gasteiger partial charge in [0.1, 0.15) is 5.75 Å². The van der Waals surface area contributed by atoms with Gasteiger partial charge in [0.2, 0.25) is 0 Å². The van der Waals surface area contributed by atoms with Crippen molar-refractivity contribution in [3.63, 3.8) is 0 Å². The van der Waals surface area contributed by atoms with Gasteiger partial charge in [-0.25, -0.2) is 4.98 Å². The molecule has 0 unspecified atom stereocenters. The topological polar surface area (TPSA) is 67.2 Å². The Morgan fingerprint density at radius 1 is 1.17 bits per heavy atom. The number of nitrogens with zero attached hydrogens (tertiary/aromatic N) is 4. The fourth-order valence-electron chi connectivity index (χ4n) is 3.45. The lowest BCUT2D eigenvalue weighted by Crippen LogP contribution is -2.48. The molecule has 2 aromatic heterocycles. The number of hydrogen-bond acceptors (Lipinski definition) is 6. The first-order chi connectivity index (χ1) is 14.5. The van der Waals surface area contributed by atoms with Crippen LogP contribution in [0.4, 0.5) is 0 Å². The van der Waals surface area contributed by atoms with Crippen LogP contribution in [0, 0.1) is 5.92 Å². The zero-order valence-electron chi connectivity index (χ0n) is 17.3. The SMILES string of the molecule is CC(C)COc1ccc(C(=O)N2CCN(Cc3cc(=O)n4ccsc4n3)CC2)cc1. The van der Waals surface area contributed by atoms with Crippen LogP contribution < -0.4 is 10.3 Å². The van der Waals surface area contributed by atoms with Gasteiger partial charge in [0.25, 0.3) is 11.5 Å². The van der Waals surface area contributed by atoms with E-state index in [1.54, 1.807) is 16.7 Å². The van der Waals surface area contributed by atoms with Gasteiger partial charge < -0.3 is 9.64 Å². The van der Waals surface area contributed by atoms with Crippen LogP contribution in [0.1, 0.15) is 29.9 Å². The van der Waals surface area contributed by atoms with Crippen molar-refractivity contribution in [3.8, 4) is 5.75 Å². The summed E-state index contributed by atoms with van der Waals surface area (Å²) in [7, 11) is 0. The molecule has 0 saturated carbocycles. The van der Waals surface area contributed by atoms with Crippen LogP contribution in [-0.2, 0) is 6.54 Å². The Hall–Kier alpha value is -2.71. The Kier molecular flexibility index (Phi) is 6.15.